The summed E-state index contributed by atoms with van der Waals surface area (Å²) in [7, 11) is -3.22. The number of benzene rings is 1. The van der Waals surface area contributed by atoms with E-state index in [9.17, 15) is 8.42 Å². The minimum Gasteiger partial charge on any atom is -0.396 e. The van der Waals surface area contributed by atoms with Crippen molar-refractivity contribution in [2.24, 2.45) is 0 Å². The van der Waals surface area contributed by atoms with Gasteiger partial charge in [-0.05, 0) is 50.3 Å². The molecule has 0 radical (unpaired) electrons. The largest absolute Gasteiger partial charge is 0.396 e. The van der Waals surface area contributed by atoms with Crippen molar-refractivity contribution in [3.63, 3.8) is 0 Å². The summed E-state index contributed by atoms with van der Waals surface area (Å²) in [5, 5.41) is 8.28. The van der Waals surface area contributed by atoms with Crippen LogP contribution in [0.4, 0.5) is 0 Å². The molecule has 1 rings (SSSR count). The highest BCUT2D eigenvalue weighted by Gasteiger charge is 2.16. The summed E-state index contributed by atoms with van der Waals surface area (Å²) in [4.78, 5) is 0. The molecule has 0 saturated carbocycles. The number of nitrogens with one attached hydrogen (secondary N) is 1. The van der Waals surface area contributed by atoms with E-state index in [1.54, 1.807) is 13.8 Å². The van der Waals surface area contributed by atoms with Crippen LogP contribution in [-0.2, 0) is 10.0 Å². The van der Waals surface area contributed by atoms with Crippen LogP contribution >= 0.6 is 0 Å². The number of aliphatic hydroxyl groups excluding tert-OH is 1. The molecule has 0 unspecified atom stereocenters. The zero-order valence-electron chi connectivity index (χ0n) is 14.2. The van der Waals surface area contributed by atoms with Crippen LogP contribution < -0.4 is 4.72 Å². The maximum Gasteiger partial charge on any atom is 0.213 e. The van der Waals surface area contributed by atoms with Crippen LogP contribution in [0.5, 0.6) is 0 Å². The number of hydrogen-bond acceptors (Lipinski definition) is 3. The molecule has 4 nitrogen and oxygen atoms in total. The number of unbranched alkanes of at least 4 members (excludes halogenated alkanes) is 2. The molecule has 0 aliphatic heterocycles. The molecule has 0 aliphatic rings. The van der Waals surface area contributed by atoms with Gasteiger partial charge in [0.2, 0.25) is 10.0 Å². The molecule has 0 amide bonds. The molecular formula is C18H27NO3S. The van der Waals surface area contributed by atoms with Crippen molar-refractivity contribution in [3.05, 3.63) is 35.4 Å². The molecule has 128 valence electrons. The van der Waals surface area contributed by atoms with Crippen molar-refractivity contribution in [3.8, 4) is 11.8 Å². The average Bonchev–Trinajstić information content (AvgIpc) is 2.53. The Kier molecular flexibility index (Phi) is 8.32. The fraction of sp³-hybridized carbons (Fsp3) is 0.556. The van der Waals surface area contributed by atoms with E-state index in [1.807, 2.05) is 31.2 Å². The fourth-order valence-corrected chi connectivity index (χ4v) is 2.73. The van der Waals surface area contributed by atoms with Gasteiger partial charge in [0.25, 0.3) is 0 Å². The van der Waals surface area contributed by atoms with E-state index >= 15 is 0 Å². The van der Waals surface area contributed by atoms with Crippen LogP contribution in [0.15, 0.2) is 24.3 Å². The highest BCUT2D eigenvalue weighted by molar-refractivity contribution is 7.90. The van der Waals surface area contributed by atoms with Crippen molar-refractivity contribution < 1.29 is 13.5 Å². The monoisotopic (exact) mass is 337 g/mol. The van der Waals surface area contributed by atoms with Crippen LogP contribution in [0.2, 0.25) is 0 Å². The first kappa shape index (κ1) is 19.7. The Morgan fingerprint density at radius 3 is 2.35 bits per heavy atom. The first-order valence-electron chi connectivity index (χ1n) is 8.05. The first-order valence-corrected chi connectivity index (χ1v) is 9.59. The highest BCUT2D eigenvalue weighted by Crippen LogP contribution is 2.15. The second-order valence-corrected chi connectivity index (χ2v) is 8.27. The molecule has 0 fully saturated rings. The van der Waals surface area contributed by atoms with Gasteiger partial charge in [0.15, 0.2) is 0 Å². The smallest absolute Gasteiger partial charge is 0.213 e. The Morgan fingerprint density at radius 1 is 1.13 bits per heavy atom. The third-order valence-electron chi connectivity index (χ3n) is 3.63. The third kappa shape index (κ3) is 7.17. The quantitative estimate of drug-likeness (QED) is 0.566. The van der Waals surface area contributed by atoms with E-state index in [4.69, 9.17) is 5.11 Å². The van der Waals surface area contributed by atoms with Crippen molar-refractivity contribution in [1.82, 2.24) is 4.72 Å². The number of hydrogen-bond donors (Lipinski definition) is 2. The molecule has 1 aromatic carbocycles. The molecule has 1 aromatic rings. The maximum atomic E-state index is 11.8. The molecule has 0 heterocycles. The van der Waals surface area contributed by atoms with Crippen molar-refractivity contribution in [1.29, 1.82) is 0 Å². The molecule has 1 atom stereocenters. The second-order valence-electron chi connectivity index (χ2n) is 5.95. The van der Waals surface area contributed by atoms with Gasteiger partial charge in [-0.2, -0.15) is 0 Å². The van der Waals surface area contributed by atoms with Gasteiger partial charge in [0, 0.05) is 25.1 Å². The number of sulfonamides is 1. The summed E-state index contributed by atoms with van der Waals surface area (Å²) >= 11 is 0. The van der Waals surface area contributed by atoms with E-state index in [1.165, 1.54) is 0 Å². The van der Waals surface area contributed by atoms with Gasteiger partial charge in [0.1, 0.15) is 0 Å². The predicted molar refractivity (Wildman–Crippen MR) is 94.7 cm³/mol. The maximum absolute atomic E-state index is 11.8. The fourth-order valence-electron chi connectivity index (χ4n) is 1.91. The Balaban J connectivity index is 2.55. The van der Waals surface area contributed by atoms with E-state index in [2.05, 4.69) is 16.6 Å². The Hall–Kier alpha value is -1.35. The van der Waals surface area contributed by atoms with Gasteiger partial charge in [-0.1, -0.05) is 30.9 Å². The molecule has 0 saturated heterocycles. The number of rotatable bonds is 8. The lowest BCUT2D eigenvalue weighted by Crippen LogP contribution is -2.33. The predicted octanol–water partition coefficient (Wildman–Crippen LogP) is 2.63. The van der Waals surface area contributed by atoms with Crippen LogP contribution in [0.25, 0.3) is 0 Å². The molecular weight excluding hydrogens is 310 g/mol. The van der Waals surface area contributed by atoms with Crippen LogP contribution in [0.3, 0.4) is 0 Å². The molecule has 0 aromatic heterocycles. The summed E-state index contributed by atoms with van der Waals surface area (Å²) in [5.41, 5.74) is 2.04. The van der Waals surface area contributed by atoms with Gasteiger partial charge in [-0.15, -0.1) is 0 Å². The van der Waals surface area contributed by atoms with Crippen molar-refractivity contribution >= 4 is 10.0 Å². The standard InChI is InChI=1S/C18H27NO3S/c1-15(2)23(21,22)19-14-16(3)18-11-9-17(10-12-18)8-6-4-5-7-13-20/h9-12,15-16,19-20H,4-5,7,13-14H2,1-3H3/t16-/m0/s1. The Labute approximate surface area is 140 Å². The molecule has 2 N–H and O–H groups in total. The summed E-state index contributed by atoms with van der Waals surface area (Å²) in [6, 6.07) is 7.90. The van der Waals surface area contributed by atoms with Crippen molar-refractivity contribution in [2.75, 3.05) is 13.2 Å². The van der Waals surface area contributed by atoms with Crippen LogP contribution in [0, 0.1) is 11.8 Å². The lowest BCUT2D eigenvalue weighted by atomic mass is 10.0. The molecule has 0 spiro atoms. The van der Waals surface area contributed by atoms with E-state index in [0.717, 1.165) is 30.4 Å². The van der Waals surface area contributed by atoms with Gasteiger partial charge in [0.05, 0.1) is 5.25 Å². The summed E-state index contributed by atoms with van der Waals surface area (Å²) in [6.07, 6.45) is 2.49. The van der Waals surface area contributed by atoms with Gasteiger partial charge >= 0.3 is 0 Å². The zero-order chi connectivity index (χ0) is 17.3. The van der Waals surface area contributed by atoms with Crippen LogP contribution in [-0.4, -0.2) is 31.9 Å². The molecule has 0 bridgehead atoms. The second kappa shape index (κ2) is 9.71. The Bertz CT molecular complexity index is 624. The Morgan fingerprint density at radius 2 is 1.78 bits per heavy atom. The highest BCUT2D eigenvalue weighted by atomic mass is 32.2. The summed E-state index contributed by atoms with van der Waals surface area (Å²) in [5.74, 6) is 6.29. The minimum atomic E-state index is -3.22. The topological polar surface area (TPSA) is 66.4 Å². The van der Waals surface area contributed by atoms with E-state index < -0.39 is 15.3 Å². The lowest BCUT2D eigenvalue weighted by Gasteiger charge is -2.15. The summed E-state index contributed by atoms with van der Waals surface area (Å²) in [6.45, 7) is 5.95. The van der Waals surface area contributed by atoms with E-state index in [-0.39, 0.29) is 12.5 Å². The van der Waals surface area contributed by atoms with Gasteiger partial charge in [-0.3, -0.25) is 0 Å². The first-order chi connectivity index (χ1) is 10.9. The van der Waals surface area contributed by atoms with E-state index in [0.29, 0.717) is 6.54 Å². The van der Waals surface area contributed by atoms with Crippen molar-refractivity contribution in [2.45, 2.75) is 51.2 Å². The third-order valence-corrected chi connectivity index (χ3v) is 5.44. The normalized spacial score (nSPS) is 12.7. The molecule has 23 heavy (non-hydrogen) atoms. The van der Waals surface area contributed by atoms with Gasteiger partial charge in [-0.25, -0.2) is 13.1 Å². The molecule has 5 heteroatoms. The SMILES string of the molecule is CC(C)S(=O)(=O)NC[C@H](C)c1ccc(C#CCCCCO)cc1. The summed E-state index contributed by atoms with van der Waals surface area (Å²) < 4.78 is 26.2. The average molecular weight is 337 g/mol. The van der Waals surface area contributed by atoms with Crippen LogP contribution in [0.1, 0.15) is 57.1 Å². The molecule has 0 aliphatic carbocycles. The minimum absolute atomic E-state index is 0.107. The van der Waals surface area contributed by atoms with Gasteiger partial charge < -0.3 is 5.11 Å². The zero-order valence-corrected chi connectivity index (χ0v) is 15.0. The number of aliphatic hydroxyl groups is 1. The lowest BCUT2D eigenvalue weighted by molar-refractivity contribution is 0.285.